The number of nitrogens with zero attached hydrogens (tertiary/aromatic N) is 1. The van der Waals surface area contributed by atoms with Crippen LogP contribution in [0.5, 0.6) is 0 Å². The lowest BCUT2D eigenvalue weighted by molar-refractivity contribution is 0.627. The molecule has 132 valence electrons. The van der Waals surface area contributed by atoms with Gasteiger partial charge >= 0.3 is 0 Å². The van der Waals surface area contributed by atoms with E-state index in [1.807, 2.05) is 6.07 Å². The molecule has 0 aromatic heterocycles. The number of hydrogen-bond donors (Lipinski definition) is 3. The van der Waals surface area contributed by atoms with Crippen molar-refractivity contribution < 1.29 is 0 Å². The maximum absolute atomic E-state index is 5.28. The van der Waals surface area contributed by atoms with Crippen molar-refractivity contribution in [3.63, 3.8) is 0 Å². The number of benzene rings is 2. The minimum absolute atomic E-state index is 0. The fraction of sp³-hybridized carbons (Fsp3) is 0.278. The van der Waals surface area contributed by atoms with Gasteiger partial charge in [0, 0.05) is 13.1 Å². The van der Waals surface area contributed by atoms with E-state index in [1.165, 1.54) is 16.7 Å². The molecule has 0 amide bonds. The van der Waals surface area contributed by atoms with E-state index in [4.69, 9.17) is 11.5 Å². The quantitative estimate of drug-likeness (QED) is 0.379. The summed E-state index contributed by atoms with van der Waals surface area (Å²) in [7, 11) is 0. The first-order valence-electron chi connectivity index (χ1n) is 7.66. The molecule has 0 unspecified atom stereocenters. The van der Waals surface area contributed by atoms with E-state index in [9.17, 15) is 0 Å². The monoisotopic (exact) mass is 368 g/mol. The molecule has 0 spiro atoms. The summed E-state index contributed by atoms with van der Waals surface area (Å²) in [4.78, 5) is 3.96. The first-order chi connectivity index (χ1) is 10.8. The highest BCUT2D eigenvalue weighted by Gasteiger charge is 1.97. The number of unbranched alkanes of at least 4 members (excludes halogenated alkanes) is 1. The van der Waals surface area contributed by atoms with Gasteiger partial charge < -0.3 is 16.8 Å². The average Bonchev–Trinajstić information content (AvgIpc) is 2.55. The first kappa shape index (κ1) is 22.2. The zero-order chi connectivity index (χ0) is 15.6. The van der Waals surface area contributed by atoms with Gasteiger partial charge in [-0.2, -0.15) is 0 Å². The molecular weight excluding hydrogens is 343 g/mol. The van der Waals surface area contributed by atoms with E-state index in [-0.39, 0.29) is 30.8 Å². The fourth-order valence-electron chi connectivity index (χ4n) is 2.25. The van der Waals surface area contributed by atoms with Gasteiger partial charge in [0.05, 0.1) is 0 Å². The van der Waals surface area contributed by atoms with Gasteiger partial charge in [0.2, 0.25) is 0 Å². The Morgan fingerprint density at radius 1 is 0.833 bits per heavy atom. The summed E-state index contributed by atoms with van der Waals surface area (Å²) in [5.74, 6) is 0.173. The van der Waals surface area contributed by atoms with Crippen molar-refractivity contribution in [1.82, 2.24) is 5.32 Å². The molecule has 2 aromatic carbocycles. The molecule has 0 saturated carbocycles. The summed E-state index contributed by atoms with van der Waals surface area (Å²) in [6.07, 6.45) is 2.07. The molecule has 0 fully saturated rings. The van der Waals surface area contributed by atoms with Crippen molar-refractivity contribution in [3.8, 4) is 11.1 Å². The van der Waals surface area contributed by atoms with Crippen LogP contribution in [0.25, 0.3) is 11.1 Å². The number of nitrogens with one attached hydrogen (secondary N) is 1. The largest absolute Gasteiger partial charge is 0.370 e. The zero-order valence-electron chi connectivity index (χ0n) is 13.7. The third-order valence-corrected chi connectivity index (χ3v) is 3.45. The van der Waals surface area contributed by atoms with Crippen molar-refractivity contribution in [2.45, 2.75) is 19.4 Å². The summed E-state index contributed by atoms with van der Waals surface area (Å²) in [5, 5.41) is 3.44. The first-order valence-corrected chi connectivity index (χ1v) is 7.66. The highest BCUT2D eigenvalue weighted by atomic mass is 35.5. The zero-order valence-corrected chi connectivity index (χ0v) is 15.3. The highest BCUT2D eigenvalue weighted by molar-refractivity contribution is 5.85. The average molecular weight is 369 g/mol. The van der Waals surface area contributed by atoms with Gasteiger partial charge in [0.25, 0.3) is 0 Å². The molecule has 2 rings (SSSR count). The standard InChI is InChI=1S/C18H24N4.2ClH/c19-18(20)22-13-5-4-12-21-14-15-8-10-17(11-9-15)16-6-2-1-3-7-16;;/h1-3,6-11,21H,4-5,12-14H2,(H4,19,20,22);2*1H. The van der Waals surface area contributed by atoms with E-state index >= 15 is 0 Å². The second-order valence-electron chi connectivity index (χ2n) is 5.25. The van der Waals surface area contributed by atoms with E-state index in [0.29, 0.717) is 6.54 Å². The Hall–Kier alpha value is -1.75. The summed E-state index contributed by atoms with van der Waals surface area (Å²) in [6, 6.07) is 19.1. The highest BCUT2D eigenvalue weighted by Crippen LogP contribution is 2.19. The number of guanidine groups is 1. The van der Waals surface area contributed by atoms with Crippen LogP contribution in [0, 0.1) is 0 Å². The number of halogens is 2. The second kappa shape index (κ2) is 12.6. The topological polar surface area (TPSA) is 76.4 Å². The van der Waals surface area contributed by atoms with Crippen LogP contribution in [-0.4, -0.2) is 19.0 Å². The molecule has 5 N–H and O–H groups in total. The van der Waals surface area contributed by atoms with Crippen molar-refractivity contribution in [2.75, 3.05) is 13.1 Å². The molecule has 6 heteroatoms. The van der Waals surface area contributed by atoms with E-state index in [0.717, 1.165) is 25.9 Å². The molecule has 0 heterocycles. The number of aliphatic imine (C=N–C) groups is 1. The van der Waals surface area contributed by atoms with Crippen molar-refractivity contribution >= 4 is 30.8 Å². The number of rotatable bonds is 8. The summed E-state index contributed by atoms with van der Waals surface area (Å²) in [6.45, 7) is 2.56. The number of nitrogens with two attached hydrogens (primary N) is 2. The fourth-order valence-corrected chi connectivity index (χ4v) is 2.25. The molecule has 24 heavy (non-hydrogen) atoms. The molecular formula is C18H26Cl2N4. The third kappa shape index (κ3) is 8.20. The smallest absolute Gasteiger partial charge is 0.185 e. The normalized spacial score (nSPS) is 9.50. The van der Waals surface area contributed by atoms with Gasteiger partial charge in [-0.25, -0.2) is 0 Å². The maximum atomic E-state index is 5.28. The van der Waals surface area contributed by atoms with Crippen LogP contribution in [0.3, 0.4) is 0 Å². The molecule has 0 radical (unpaired) electrons. The van der Waals surface area contributed by atoms with E-state index < -0.39 is 0 Å². The summed E-state index contributed by atoms with van der Waals surface area (Å²) < 4.78 is 0. The maximum Gasteiger partial charge on any atom is 0.185 e. The SMILES string of the molecule is Cl.Cl.NC(N)=NCCCCNCc1ccc(-c2ccccc2)cc1. The molecule has 0 atom stereocenters. The van der Waals surface area contributed by atoms with Crippen molar-refractivity contribution in [3.05, 3.63) is 60.2 Å². The Balaban J connectivity index is 0.00000264. The minimum Gasteiger partial charge on any atom is -0.370 e. The van der Waals surface area contributed by atoms with Gasteiger partial charge in [-0.1, -0.05) is 54.6 Å². The van der Waals surface area contributed by atoms with Crippen LogP contribution in [0.2, 0.25) is 0 Å². The minimum atomic E-state index is 0. The van der Waals surface area contributed by atoms with Crippen LogP contribution in [0.15, 0.2) is 59.6 Å². The third-order valence-electron chi connectivity index (χ3n) is 3.45. The summed E-state index contributed by atoms with van der Waals surface area (Å²) >= 11 is 0. The number of hydrogen-bond acceptors (Lipinski definition) is 2. The molecule has 0 aliphatic carbocycles. The van der Waals surface area contributed by atoms with Gasteiger partial charge in [-0.15, -0.1) is 24.8 Å². The molecule has 0 aliphatic heterocycles. The van der Waals surface area contributed by atoms with Crippen molar-refractivity contribution in [2.24, 2.45) is 16.5 Å². The van der Waals surface area contributed by atoms with E-state index in [1.54, 1.807) is 0 Å². The Bertz CT molecular complexity index is 582. The molecule has 4 nitrogen and oxygen atoms in total. The van der Waals surface area contributed by atoms with Gasteiger partial charge in [-0.3, -0.25) is 4.99 Å². The molecule has 2 aromatic rings. The van der Waals surface area contributed by atoms with Crippen molar-refractivity contribution in [1.29, 1.82) is 0 Å². The Morgan fingerprint density at radius 3 is 2.08 bits per heavy atom. The van der Waals surface area contributed by atoms with Gasteiger partial charge in [-0.05, 0) is 36.1 Å². The second-order valence-corrected chi connectivity index (χ2v) is 5.25. The van der Waals surface area contributed by atoms with Crippen LogP contribution in [0.1, 0.15) is 18.4 Å². The lowest BCUT2D eigenvalue weighted by atomic mass is 10.0. The van der Waals surface area contributed by atoms with Crippen LogP contribution in [0.4, 0.5) is 0 Å². The predicted molar refractivity (Wildman–Crippen MR) is 108 cm³/mol. The Kier molecular flexibility index (Phi) is 11.7. The van der Waals surface area contributed by atoms with Crippen LogP contribution >= 0.6 is 24.8 Å². The molecule has 0 saturated heterocycles. The van der Waals surface area contributed by atoms with E-state index in [2.05, 4.69) is 58.8 Å². The summed E-state index contributed by atoms with van der Waals surface area (Å²) in [5.41, 5.74) is 14.3. The Labute approximate surface area is 156 Å². The molecule has 0 aliphatic rings. The van der Waals surface area contributed by atoms with Gasteiger partial charge in [0.1, 0.15) is 0 Å². The van der Waals surface area contributed by atoms with Gasteiger partial charge in [0.15, 0.2) is 5.96 Å². The predicted octanol–water partition coefficient (Wildman–Crippen LogP) is 3.34. The lowest BCUT2D eigenvalue weighted by Crippen LogP contribution is -2.23. The lowest BCUT2D eigenvalue weighted by Gasteiger charge is -2.06. The van der Waals surface area contributed by atoms with Crippen LogP contribution < -0.4 is 16.8 Å². The Morgan fingerprint density at radius 2 is 1.46 bits per heavy atom. The molecule has 0 bridgehead atoms. The van der Waals surface area contributed by atoms with Crippen LogP contribution in [-0.2, 0) is 6.54 Å².